The summed E-state index contributed by atoms with van der Waals surface area (Å²) in [4.78, 5) is 23.9. The van der Waals surface area contributed by atoms with E-state index in [-0.39, 0.29) is 17.4 Å². The quantitative estimate of drug-likeness (QED) is 0.365. The smallest absolute Gasteiger partial charge is 0.308 e. The van der Waals surface area contributed by atoms with E-state index in [1.165, 1.54) is 24.1 Å². The monoisotopic (exact) mass is 451 g/mol. The summed E-state index contributed by atoms with van der Waals surface area (Å²) in [5.74, 6) is 0.395. The molecule has 0 aliphatic heterocycles. The Morgan fingerprint density at radius 1 is 1.16 bits per heavy atom. The molecule has 0 radical (unpaired) electrons. The van der Waals surface area contributed by atoms with Gasteiger partial charge in [-0.15, -0.1) is 5.73 Å². The number of nitrogens with one attached hydrogen (secondary N) is 1. The molecular formula is C26H26ClNO4. The van der Waals surface area contributed by atoms with Gasteiger partial charge in [0.05, 0.1) is 5.57 Å². The highest BCUT2D eigenvalue weighted by Gasteiger charge is 2.31. The predicted molar refractivity (Wildman–Crippen MR) is 123 cm³/mol. The van der Waals surface area contributed by atoms with E-state index in [0.717, 1.165) is 41.8 Å². The van der Waals surface area contributed by atoms with E-state index in [2.05, 4.69) is 23.2 Å². The van der Waals surface area contributed by atoms with Crippen LogP contribution in [0.4, 0.5) is 0 Å². The third-order valence-electron chi connectivity index (χ3n) is 6.06. The molecule has 0 heterocycles. The van der Waals surface area contributed by atoms with E-state index in [1.54, 1.807) is 12.1 Å². The van der Waals surface area contributed by atoms with Crippen molar-refractivity contribution in [1.29, 1.82) is 0 Å². The predicted octanol–water partition coefficient (Wildman–Crippen LogP) is 5.07. The molecule has 0 saturated heterocycles. The molecule has 2 unspecified atom stereocenters. The molecule has 6 heteroatoms. The number of carbonyl (C=O) groups is 2. The highest BCUT2D eigenvalue weighted by molar-refractivity contribution is 6.30. The summed E-state index contributed by atoms with van der Waals surface area (Å²) in [7, 11) is 0. The SMILES string of the molecule is CC(=O)Oc1cc(CCNC(=O)C2=C=C3CC(C2)CC(c2ccc(Cl)cc2)C3)ccc1O. The van der Waals surface area contributed by atoms with E-state index in [1.807, 2.05) is 12.1 Å². The number of hydrogen-bond donors (Lipinski definition) is 2. The summed E-state index contributed by atoms with van der Waals surface area (Å²) in [6, 6.07) is 12.9. The number of aromatic hydroxyl groups is 1. The number of hydrogen-bond acceptors (Lipinski definition) is 4. The van der Waals surface area contributed by atoms with Gasteiger partial charge in [0.15, 0.2) is 11.5 Å². The van der Waals surface area contributed by atoms with Crippen LogP contribution in [-0.4, -0.2) is 23.5 Å². The Morgan fingerprint density at radius 2 is 1.94 bits per heavy atom. The maximum atomic E-state index is 12.7. The second-order valence-corrected chi connectivity index (χ2v) is 9.01. The van der Waals surface area contributed by atoms with Crippen LogP contribution in [0.3, 0.4) is 0 Å². The Labute approximate surface area is 192 Å². The molecule has 4 rings (SSSR count). The Balaban J connectivity index is 1.37. The second kappa shape index (κ2) is 9.64. The zero-order chi connectivity index (χ0) is 22.7. The molecule has 32 heavy (non-hydrogen) atoms. The van der Waals surface area contributed by atoms with Gasteiger partial charge in [0, 0.05) is 18.5 Å². The van der Waals surface area contributed by atoms with Gasteiger partial charge in [0.1, 0.15) is 0 Å². The summed E-state index contributed by atoms with van der Waals surface area (Å²) in [5.41, 5.74) is 7.50. The van der Waals surface area contributed by atoms with Gasteiger partial charge in [-0.25, -0.2) is 0 Å². The van der Waals surface area contributed by atoms with Crippen LogP contribution in [0.15, 0.2) is 59.3 Å². The molecular weight excluding hydrogens is 426 g/mol. The van der Waals surface area contributed by atoms with Crippen molar-refractivity contribution in [2.75, 3.05) is 6.54 Å². The molecule has 2 bridgehead atoms. The van der Waals surface area contributed by atoms with Crippen LogP contribution in [0.5, 0.6) is 11.5 Å². The molecule has 0 spiro atoms. The summed E-state index contributed by atoms with van der Waals surface area (Å²) < 4.78 is 5.00. The van der Waals surface area contributed by atoms with Gasteiger partial charge in [-0.1, -0.05) is 29.8 Å². The summed E-state index contributed by atoms with van der Waals surface area (Å²) in [5, 5.41) is 13.5. The van der Waals surface area contributed by atoms with Gasteiger partial charge in [-0.2, -0.15) is 0 Å². The molecule has 2 N–H and O–H groups in total. The lowest BCUT2D eigenvalue weighted by Gasteiger charge is -2.33. The molecule has 2 aliphatic carbocycles. The Bertz CT molecular complexity index is 1100. The number of phenolic OH excluding ortho intramolecular Hbond substituents is 1. The normalized spacial score (nSPS) is 19.6. The van der Waals surface area contributed by atoms with E-state index in [4.69, 9.17) is 16.3 Å². The lowest BCUT2D eigenvalue weighted by molar-refractivity contribution is -0.132. The standard InChI is InChI=1S/C26H26ClNO4/c1-16(29)32-25-15-17(2-7-24(25)30)8-9-28-26(31)22-13-18-10-19(14-22)12-21(11-18)20-3-5-23(27)6-4-20/h2-7,15,18,21,30H,8-13H2,1H3,(H,28,31). The van der Waals surface area contributed by atoms with Crippen LogP contribution in [0.25, 0.3) is 0 Å². The van der Waals surface area contributed by atoms with Crippen molar-refractivity contribution in [3.8, 4) is 11.5 Å². The third kappa shape index (κ3) is 5.42. The number of benzene rings is 2. The Hall–Kier alpha value is -3.01. The number of fused-ring (bicyclic) bond motifs is 2. The highest BCUT2D eigenvalue weighted by Crippen LogP contribution is 2.43. The Kier molecular flexibility index (Phi) is 6.69. The average Bonchev–Trinajstić information content (AvgIpc) is 2.75. The van der Waals surface area contributed by atoms with Crippen LogP contribution in [0.1, 0.15) is 49.7 Å². The van der Waals surface area contributed by atoms with E-state index < -0.39 is 5.97 Å². The minimum atomic E-state index is -0.494. The fourth-order valence-corrected chi connectivity index (χ4v) is 4.75. The van der Waals surface area contributed by atoms with Gasteiger partial charge in [0.25, 0.3) is 5.91 Å². The zero-order valence-corrected chi connectivity index (χ0v) is 18.7. The van der Waals surface area contributed by atoms with Crippen LogP contribution in [0, 0.1) is 5.92 Å². The van der Waals surface area contributed by atoms with Crippen molar-refractivity contribution >= 4 is 23.5 Å². The van der Waals surface area contributed by atoms with Gasteiger partial charge in [0.2, 0.25) is 0 Å². The van der Waals surface area contributed by atoms with Crippen molar-refractivity contribution in [3.63, 3.8) is 0 Å². The van der Waals surface area contributed by atoms with Crippen LogP contribution in [0.2, 0.25) is 5.02 Å². The van der Waals surface area contributed by atoms with Crippen molar-refractivity contribution in [2.24, 2.45) is 5.92 Å². The molecule has 0 aromatic heterocycles. The molecule has 1 saturated carbocycles. The first-order valence-corrected chi connectivity index (χ1v) is 11.3. The fourth-order valence-electron chi connectivity index (χ4n) is 4.62. The highest BCUT2D eigenvalue weighted by atomic mass is 35.5. The van der Waals surface area contributed by atoms with Crippen molar-refractivity contribution in [1.82, 2.24) is 5.32 Å². The first kappa shape index (κ1) is 22.2. The van der Waals surface area contributed by atoms with E-state index in [9.17, 15) is 14.7 Å². The first-order chi connectivity index (χ1) is 15.4. The minimum Gasteiger partial charge on any atom is -0.504 e. The van der Waals surface area contributed by atoms with Crippen molar-refractivity contribution in [2.45, 2.75) is 44.9 Å². The van der Waals surface area contributed by atoms with E-state index >= 15 is 0 Å². The zero-order valence-electron chi connectivity index (χ0n) is 18.0. The third-order valence-corrected chi connectivity index (χ3v) is 6.31. The number of esters is 1. The van der Waals surface area contributed by atoms with E-state index in [0.29, 0.717) is 24.8 Å². The lowest BCUT2D eigenvalue weighted by atomic mass is 9.71. The number of rotatable bonds is 6. The second-order valence-electron chi connectivity index (χ2n) is 8.57. The molecule has 1 fully saturated rings. The number of carbonyl (C=O) groups excluding carboxylic acids is 2. The van der Waals surface area contributed by atoms with Crippen molar-refractivity contribution in [3.05, 3.63) is 75.5 Å². The topological polar surface area (TPSA) is 75.6 Å². The lowest BCUT2D eigenvalue weighted by Crippen LogP contribution is -2.30. The number of amides is 1. The van der Waals surface area contributed by atoms with Crippen molar-refractivity contribution < 1.29 is 19.4 Å². The fraction of sp³-hybridized carbons (Fsp3) is 0.346. The maximum absolute atomic E-state index is 12.7. The van der Waals surface area contributed by atoms with Gasteiger partial charge >= 0.3 is 5.97 Å². The molecule has 2 aliphatic rings. The summed E-state index contributed by atoms with van der Waals surface area (Å²) in [6.07, 6.45) is 4.33. The van der Waals surface area contributed by atoms with Crippen LogP contribution >= 0.6 is 11.6 Å². The summed E-state index contributed by atoms with van der Waals surface area (Å²) in [6.45, 7) is 1.73. The molecule has 2 aromatic rings. The Morgan fingerprint density at radius 3 is 2.66 bits per heavy atom. The first-order valence-electron chi connectivity index (χ1n) is 10.9. The van der Waals surface area contributed by atoms with Gasteiger partial charge in [-0.05, 0) is 84.9 Å². The minimum absolute atomic E-state index is 0.0730. The average molecular weight is 452 g/mol. The van der Waals surface area contributed by atoms with Crippen LogP contribution < -0.4 is 10.1 Å². The number of phenols is 1. The molecule has 2 aromatic carbocycles. The molecule has 5 nitrogen and oxygen atoms in total. The molecule has 1 amide bonds. The van der Waals surface area contributed by atoms with Gasteiger partial charge < -0.3 is 15.2 Å². The number of ether oxygens (including phenoxy) is 1. The summed E-state index contributed by atoms with van der Waals surface area (Å²) >= 11 is 6.02. The van der Waals surface area contributed by atoms with Gasteiger partial charge in [-0.3, -0.25) is 9.59 Å². The molecule has 2 atom stereocenters. The maximum Gasteiger partial charge on any atom is 0.308 e. The number of halogens is 1. The largest absolute Gasteiger partial charge is 0.504 e. The molecule has 166 valence electrons. The van der Waals surface area contributed by atoms with Crippen LogP contribution in [-0.2, 0) is 16.0 Å².